The monoisotopic (exact) mass is 448 g/mol. The van der Waals surface area contributed by atoms with Crippen molar-refractivity contribution in [3.63, 3.8) is 0 Å². The van der Waals surface area contributed by atoms with Crippen LogP contribution in [-0.4, -0.2) is 35.2 Å². The summed E-state index contributed by atoms with van der Waals surface area (Å²) < 4.78 is 0. The third kappa shape index (κ3) is 3.54. The predicted molar refractivity (Wildman–Crippen MR) is 125 cm³/mol. The molecule has 176 valence electrons. The van der Waals surface area contributed by atoms with Crippen molar-refractivity contribution in [3.05, 3.63) is 35.4 Å². The van der Waals surface area contributed by atoms with Gasteiger partial charge in [-0.1, -0.05) is 25.0 Å². The molecule has 0 saturated heterocycles. The Morgan fingerprint density at radius 1 is 0.970 bits per heavy atom. The smallest absolute Gasteiger partial charge is 0.261 e. The van der Waals surface area contributed by atoms with Crippen LogP contribution in [0.25, 0.3) is 0 Å². The minimum atomic E-state index is -0.206. The van der Waals surface area contributed by atoms with E-state index in [9.17, 15) is 14.4 Å². The van der Waals surface area contributed by atoms with E-state index in [1.54, 1.807) is 24.3 Å². The quantitative estimate of drug-likeness (QED) is 0.658. The average Bonchev–Trinajstić information content (AvgIpc) is 3.03. The fraction of sp³-hybridized carbons (Fsp3) is 0.679. The van der Waals surface area contributed by atoms with Crippen LogP contribution in [0.4, 0.5) is 0 Å². The second-order valence-corrected chi connectivity index (χ2v) is 11.9. The number of nitrogens with one attached hydrogen (secondary N) is 1. The number of imide groups is 1. The number of hydrogen-bond acceptors (Lipinski definition) is 3. The maximum absolute atomic E-state index is 13.6. The van der Waals surface area contributed by atoms with Gasteiger partial charge in [-0.15, -0.1) is 0 Å². The molecule has 5 saturated carbocycles. The van der Waals surface area contributed by atoms with E-state index in [-0.39, 0.29) is 41.0 Å². The van der Waals surface area contributed by atoms with E-state index in [2.05, 4.69) is 12.2 Å². The number of benzene rings is 1. The van der Waals surface area contributed by atoms with Crippen LogP contribution in [0.15, 0.2) is 24.3 Å². The molecule has 7 rings (SSSR count). The SMILES string of the molecule is CC(NC(=O)C1CCCCC1CN1C(=O)c2ccccc2C1=O)C12CC3CC(CC(C3)C1)C2. The molecule has 4 bridgehead atoms. The number of fused-ring (bicyclic) bond motifs is 1. The largest absolute Gasteiger partial charge is 0.353 e. The molecule has 3 unspecified atom stereocenters. The summed E-state index contributed by atoms with van der Waals surface area (Å²) in [5, 5.41) is 3.47. The van der Waals surface area contributed by atoms with Crippen LogP contribution in [0.2, 0.25) is 0 Å². The highest BCUT2D eigenvalue weighted by molar-refractivity contribution is 6.21. The second-order valence-electron chi connectivity index (χ2n) is 11.9. The van der Waals surface area contributed by atoms with Crippen molar-refractivity contribution in [1.82, 2.24) is 10.2 Å². The summed E-state index contributed by atoms with van der Waals surface area (Å²) in [5.74, 6) is 2.28. The molecule has 0 aromatic heterocycles. The Morgan fingerprint density at radius 3 is 2.09 bits per heavy atom. The Kier molecular flexibility index (Phi) is 5.15. The summed E-state index contributed by atoms with van der Waals surface area (Å²) in [7, 11) is 0. The van der Waals surface area contributed by atoms with E-state index in [0.29, 0.717) is 17.7 Å². The molecule has 1 heterocycles. The summed E-state index contributed by atoms with van der Waals surface area (Å²) >= 11 is 0. The average molecular weight is 449 g/mol. The molecule has 1 N–H and O–H groups in total. The number of nitrogens with zero attached hydrogens (tertiary/aromatic N) is 1. The van der Waals surface area contributed by atoms with E-state index in [1.165, 1.54) is 43.4 Å². The standard InChI is InChI=1S/C28H36N2O3/c1-17(28-13-18-10-19(14-28)12-20(11-18)15-28)29-25(31)22-7-3-2-6-21(22)16-30-26(32)23-8-4-5-9-24(23)27(30)33/h4-5,8-9,17-22H,2-3,6-7,10-16H2,1H3,(H,29,31). The van der Waals surface area contributed by atoms with Gasteiger partial charge in [0.2, 0.25) is 5.91 Å². The van der Waals surface area contributed by atoms with Crippen LogP contribution in [0.1, 0.15) is 91.8 Å². The Morgan fingerprint density at radius 2 is 1.52 bits per heavy atom. The molecule has 5 aliphatic carbocycles. The van der Waals surface area contributed by atoms with Crippen LogP contribution in [-0.2, 0) is 4.79 Å². The van der Waals surface area contributed by atoms with Gasteiger partial charge in [-0.3, -0.25) is 19.3 Å². The zero-order chi connectivity index (χ0) is 22.7. The highest BCUT2D eigenvalue weighted by Crippen LogP contribution is 2.61. The number of carbonyl (C=O) groups is 3. The van der Waals surface area contributed by atoms with Gasteiger partial charge in [-0.25, -0.2) is 0 Å². The van der Waals surface area contributed by atoms with Gasteiger partial charge < -0.3 is 5.32 Å². The zero-order valence-corrected chi connectivity index (χ0v) is 19.7. The first-order chi connectivity index (χ1) is 15.9. The summed E-state index contributed by atoms with van der Waals surface area (Å²) in [6.07, 6.45) is 11.9. The van der Waals surface area contributed by atoms with Gasteiger partial charge >= 0.3 is 0 Å². The summed E-state index contributed by atoms with van der Waals surface area (Å²) in [4.78, 5) is 40.8. The van der Waals surface area contributed by atoms with Crippen LogP contribution < -0.4 is 5.32 Å². The van der Waals surface area contributed by atoms with Crippen molar-refractivity contribution in [1.29, 1.82) is 0 Å². The highest BCUT2D eigenvalue weighted by atomic mass is 16.2. The van der Waals surface area contributed by atoms with Gasteiger partial charge in [0, 0.05) is 18.5 Å². The minimum absolute atomic E-state index is 0.0459. The molecule has 6 aliphatic rings. The summed E-state index contributed by atoms with van der Waals surface area (Å²) in [5.41, 5.74) is 1.28. The number of rotatable bonds is 5. The third-order valence-electron chi connectivity index (χ3n) is 9.90. The molecular weight excluding hydrogens is 412 g/mol. The van der Waals surface area contributed by atoms with Crippen molar-refractivity contribution < 1.29 is 14.4 Å². The third-order valence-corrected chi connectivity index (χ3v) is 9.90. The highest BCUT2D eigenvalue weighted by Gasteiger charge is 2.53. The summed E-state index contributed by atoms with van der Waals surface area (Å²) in [6, 6.07) is 7.27. The van der Waals surface area contributed by atoms with Crippen molar-refractivity contribution in [2.24, 2.45) is 35.0 Å². The lowest BCUT2D eigenvalue weighted by atomic mass is 9.48. The van der Waals surface area contributed by atoms with Crippen LogP contribution in [0, 0.1) is 35.0 Å². The van der Waals surface area contributed by atoms with Gasteiger partial charge in [-0.05, 0) is 99.5 Å². The molecule has 1 aliphatic heterocycles. The molecule has 33 heavy (non-hydrogen) atoms. The molecule has 5 fully saturated rings. The maximum Gasteiger partial charge on any atom is 0.261 e. The lowest BCUT2D eigenvalue weighted by Crippen LogP contribution is -2.57. The van der Waals surface area contributed by atoms with E-state index in [1.807, 2.05) is 0 Å². The molecule has 3 atom stereocenters. The van der Waals surface area contributed by atoms with Gasteiger partial charge in [0.1, 0.15) is 0 Å². The fourth-order valence-corrected chi connectivity index (χ4v) is 8.59. The van der Waals surface area contributed by atoms with E-state index >= 15 is 0 Å². The Balaban J connectivity index is 1.15. The lowest BCUT2D eigenvalue weighted by Gasteiger charge is -2.59. The molecule has 3 amide bonds. The van der Waals surface area contributed by atoms with E-state index < -0.39 is 0 Å². The van der Waals surface area contributed by atoms with E-state index in [4.69, 9.17) is 0 Å². The van der Waals surface area contributed by atoms with Crippen molar-refractivity contribution in [2.45, 2.75) is 77.2 Å². The topological polar surface area (TPSA) is 66.5 Å². The fourth-order valence-electron chi connectivity index (χ4n) is 8.59. The number of amides is 3. The Hall–Kier alpha value is -2.17. The van der Waals surface area contributed by atoms with Crippen LogP contribution in [0.5, 0.6) is 0 Å². The second kappa shape index (κ2) is 7.95. The molecule has 0 radical (unpaired) electrons. The molecule has 1 aromatic rings. The Bertz CT molecular complexity index is 915. The lowest BCUT2D eigenvalue weighted by molar-refractivity contribution is -0.132. The van der Waals surface area contributed by atoms with Gasteiger partial charge in [0.25, 0.3) is 11.8 Å². The first-order valence-corrected chi connectivity index (χ1v) is 13.2. The maximum atomic E-state index is 13.6. The molecule has 5 heteroatoms. The van der Waals surface area contributed by atoms with Crippen molar-refractivity contribution in [3.8, 4) is 0 Å². The molecule has 0 spiro atoms. The zero-order valence-electron chi connectivity index (χ0n) is 19.7. The van der Waals surface area contributed by atoms with Crippen molar-refractivity contribution in [2.75, 3.05) is 6.54 Å². The molecular formula is C28H36N2O3. The van der Waals surface area contributed by atoms with Gasteiger partial charge in [0.05, 0.1) is 11.1 Å². The van der Waals surface area contributed by atoms with Crippen LogP contribution >= 0.6 is 0 Å². The van der Waals surface area contributed by atoms with Crippen molar-refractivity contribution >= 4 is 17.7 Å². The van der Waals surface area contributed by atoms with Gasteiger partial charge in [-0.2, -0.15) is 0 Å². The normalized spacial score (nSPS) is 37.8. The first kappa shape index (κ1) is 21.4. The molecule has 1 aromatic carbocycles. The van der Waals surface area contributed by atoms with E-state index in [0.717, 1.165) is 43.4 Å². The minimum Gasteiger partial charge on any atom is -0.353 e. The number of hydrogen-bond donors (Lipinski definition) is 1. The molecule has 5 nitrogen and oxygen atoms in total. The first-order valence-electron chi connectivity index (χ1n) is 13.2. The van der Waals surface area contributed by atoms with Gasteiger partial charge in [0.15, 0.2) is 0 Å². The number of carbonyl (C=O) groups excluding carboxylic acids is 3. The summed E-state index contributed by atoms with van der Waals surface area (Å²) in [6.45, 7) is 2.60. The Labute approximate surface area is 196 Å². The predicted octanol–water partition coefficient (Wildman–Crippen LogP) is 4.81. The van der Waals surface area contributed by atoms with Crippen LogP contribution in [0.3, 0.4) is 0 Å².